The molecule has 0 amide bonds. The van der Waals surface area contributed by atoms with Crippen LogP contribution < -0.4 is 5.73 Å². The Morgan fingerprint density at radius 3 is 1.56 bits per heavy atom. The molecule has 9 heavy (non-hydrogen) atoms. The molecule has 0 saturated heterocycles. The Bertz CT molecular complexity index is 91.6. The normalized spacial score (nSPS) is 14.0. The van der Waals surface area contributed by atoms with Crippen molar-refractivity contribution >= 4 is 0 Å². The summed E-state index contributed by atoms with van der Waals surface area (Å²) in [6.07, 6.45) is 0. The van der Waals surface area contributed by atoms with E-state index in [1.807, 2.05) is 13.8 Å². The SMILES string of the molecule is CC(C)(O)C(C)(C)CN. The summed E-state index contributed by atoms with van der Waals surface area (Å²) in [6, 6.07) is 0. The molecular weight excluding hydrogens is 114 g/mol. The van der Waals surface area contributed by atoms with Crippen molar-refractivity contribution in [3.05, 3.63) is 0 Å². The van der Waals surface area contributed by atoms with Crippen LogP contribution in [0.15, 0.2) is 0 Å². The van der Waals surface area contributed by atoms with E-state index in [0.29, 0.717) is 6.54 Å². The van der Waals surface area contributed by atoms with Crippen molar-refractivity contribution in [2.45, 2.75) is 33.3 Å². The zero-order valence-electron chi connectivity index (χ0n) is 6.73. The quantitative estimate of drug-likeness (QED) is 0.580. The highest BCUT2D eigenvalue weighted by atomic mass is 16.3. The standard InChI is InChI=1S/C7H17NO/c1-6(2,5-8)7(3,4)9/h9H,5,8H2,1-4H3. The average Bonchev–Trinajstić information content (AvgIpc) is 1.64. The Kier molecular flexibility index (Phi) is 2.25. The molecule has 0 saturated carbocycles. The third kappa shape index (κ3) is 1.95. The molecule has 2 heteroatoms. The van der Waals surface area contributed by atoms with Gasteiger partial charge in [-0.3, -0.25) is 0 Å². The molecule has 0 radical (unpaired) electrons. The molecule has 3 N–H and O–H groups in total. The van der Waals surface area contributed by atoms with E-state index in [0.717, 1.165) is 0 Å². The molecule has 0 spiro atoms. The average molecular weight is 131 g/mol. The van der Waals surface area contributed by atoms with Crippen LogP contribution in [0.5, 0.6) is 0 Å². The first kappa shape index (κ1) is 8.92. The van der Waals surface area contributed by atoms with Crippen LogP contribution in [-0.2, 0) is 0 Å². The van der Waals surface area contributed by atoms with Gasteiger partial charge in [-0.25, -0.2) is 0 Å². The molecule has 0 aromatic rings. The lowest BCUT2D eigenvalue weighted by molar-refractivity contribution is -0.0292. The molecule has 0 rings (SSSR count). The largest absolute Gasteiger partial charge is 0.390 e. The molecule has 0 aliphatic heterocycles. The van der Waals surface area contributed by atoms with Gasteiger partial charge in [-0.2, -0.15) is 0 Å². The molecule has 0 heterocycles. The lowest BCUT2D eigenvalue weighted by atomic mass is 9.77. The van der Waals surface area contributed by atoms with Crippen LogP contribution >= 0.6 is 0 Å². The summed E-state index contributed by atoms with van der Waals surface area (Å²) >= 11 is 0. The topological polar surface area (TPSA) is 46.2 Å². The van der Waals surface area contributed by atoms with E-state index in [1.165, 1.54) is 0 Å². The number of aliphatic hydroxyl groups is 1. The molecule has 0 aliphatic carbocycles. The molecule has 0 atom stereocenters. The summed E-state index contributed by atoms with van der Waals surface area (Å²) < 4.78 is 0. The Morgan fingerprint density at radius 1 is 1.22 bits per heavy atom. The van der Waals surface area contributed by atoms with Crippen LogP contribution in [0.1, 0.15) is 27.7 Å². The summed E-state index contributed by atoms with van der Waals surface area (Å²) in [5.74, 6) is 0. The van der Waals surface area contributed by atoms with Crippen LogP contribution in [-0.4, -0.2) is 17.3 Å². The molecule has 0 fully saturated rings. The van der Waals surface area contributed by atoms with E-state index in [4.69, 9.17) is 5.73 Å². The monoisotopic (exact) mass is 131 g/mol. The van der Waals surface area contributed by atoms with Crippen molar-refractivity contribution in [2.24, 2.45) is 11.1 Å². The third-order valence-electron chi connectivity index (χ3n) is 2.17. The Morgan fingerprint density at radius 2 is 1.56 bits per heavy atom. The lowest BCUT2D eigenvalue weighted by Gasteiger charge is -2.35. The Hall–Kier alpha value is -0.0800. The Balaban J connectivity index is 4.14. The van der Waals surface area contributed by atoms with Crippen LogP contribution in [0, 0.1) is 5.41 Å². The summed E-state index contributed by atoms with van der Waals surface area (Å²) in [4.78, 5) is 0. The maximum atomic E-state index is 9.47. The van der Waals surface area contributed by atoms with Crippen molar-refractivity contribution in [1.29, 1.82) is 0 Å². The predicted molar refractivity (Wildman–Crippen MR) is 39.1 cm³/mol. The van der Waals surface area contributed by atoms with Gasteiger partial charge < -0.3 is 10.8 Å². The molecular formula is C7H17NO. The highest BCUT2D eigenvalue weighted by Crippen LogP contribution is 2.28. The second-order valence-corrected chi connectivity index (χ2v) is 3.65. The van der Waals surface area contributed by atoms with Gasteiger partial charge in [0.15, 0.2) is 0 Å². The smallest absolute Gasteiger partial charge is 0.0654 e. The van der Waals surface area contributed by atoms with E-state index in [1.54, 1.807) is 13.8 Å². The third-order valence-corrected chi connectivity index (χ3v) is 2.17. The summed E-state index contributed by atoms with van der Waals surface area (Å²) in [5.41, 5.74) is 4.57. The number of nitrogens with two attached hydrogens (primary N) is 1. The number of rotatable bonds is 2. The van der Waals surface area contributed by atoms with Crippen molar-refractivity contribution in [3.63, 3.8) is 0 Å². The second kappa shape index (κ2) is 2.27. The fourth-order valence-electron chi connectivity index (χ4n) is 0.250. The van der Waals surface area contributed by atoms with Crippen LogP contribution in [0.2, 0.25) is 0 Å². The van der Waals surface area contributed by atoms with E-state index in [9.17, 15) is 5.11 Å². The van der Waals surface area contributed by atoms with Gasteiger partial charge in [-0.1, -0.05) is 13.8 Å². The number of hydrogen-bond acceptors (Lipinski definition) is 2. The first-order chi connectivity index (χ1) is 3.81. The molecule has 0 aromatic carbocycles. The van der Waals surface area contributed by atoms with Gasteiger partial charge in [0, 0.05) is 12.0 Å². The summed E-state index contributed by atoms with van der Waals surface area (Å²) in [5, 5.41) is 9.47. The van der Waals surface area contributed by atoms with Crippen molar-refractivity contribution in [2.75, 3.05) is 6.54 Å². The molecule has 2 nitrogen and oxygen atoms in total. The predicted octanol–water partition coefficient (Wildman–Crippen LogP) is 0.742. The van der Waals surface area contributed by atoms with Gasteiger partial charge in [-0.05, 0) is 13.8 Å². The van der Waals surface area contributed by atoms with Gasteiger partial charge in [0.1, 0.15) is 0 Å². The lowest BCUT2D eigenvalue weighted by Crippen LogP contribution is -2.44. The van der Waals surface area contributed by atoms with E-state index >= 15 is 0 Å². The highest BCUT2D eigenvalue weighted by molar-refractivity contribution is 4.85. The molecule has 0 unspecified atom stereocenters. The van der Waals surface area contributed by atoms with Crippen LogP contribution in [0.4, 0.5) is 0 Å². The first-order valence-electron chi connectivity index (χ1n) is 3.24. The minimum atomic E-state index is -0.679. The zero-order valence-corrected chi connectivity index (χ0v) is 6.73. The minimum Gasteiger partial charge on any atom is -0.390 e. The van der Waals surface area contributed by atoms with Gasteiger partial charge >= 0.3 is 0 Å². The molecule has 0 aliphatic rings. The maximum Gasteiger partial charge on any atom is 0.0654 e. The molecule has 56 valence electrons. The highest BCUT2D eigenvalue weighted by Gasteiger charge is 2.33. The fourth-order valence-corrected chi connectivity index (χ4v) is 0.250. The first-order valence-corrected chi connectivity index (χ1v) is 3.24. The van der Waals surface area contributed by atoms with Crippen molar-refractivity contribution in [1.82, 2.24) is 0 Å². The van der Waals surface area contributed by atoms with Gasteiger partial charge in [0.05, 0.1) is 5.60 Å². The van der Waals surface area contributed by atoms with Crippen molar-refractivity contribution in [3.8, 4) is 0 Å². The van der Waals surface area contributed by atoms with Crippen LogP contribution in [0.3, 0.4) is 0 Å². The van der Waals surface area contributed by atoms with Gasteiger partial charge in [0.25, 0.3) is 0 Å². The summed E-state index contributed by atoms with van der Waals surface area (Å²) in [6.45, 7) is 7.97. The maximum absolute atomic E-state index is 9.47. The number of hydrogen-bond donors (Lipinski definition) is 2. The zero-order chi connectivity index (χ0) is 7.71. The fraction of sp³-hybridized carbons (Fsp3) is 1.00. The Labute approximate surface area is 57.1 Å². The summed E-state index contributed by atoms with van der Waals surface area (Å²) in [7, 11) is 0. The molecule has 0 bridgehead atoms. The minimum absolute atomic E-state index is 0.188. The van der Waals surface area contributed by atoms with E-state index in [-0.39, 0.29) is 5.41 Å². The van der Waals surface area contributed by atoms with Crippen molar-refractivity contribution < 1.29 is 5.11 Å². The van der Waals surface area contributed by atoms with E-state index < -0.39 is 5.60 Å². The molecule has 0 aromatic heterocycles. The van der Waals surface area contributed by atoms with Gasteiger partial charge in [0.2, 0.25) is 0 Å². The van der Waals surface area contributed by atoms with Gasteiger partial charge in [-0.15, -0.1) is 0 Å². The van der Waals surface area contributed by atoms with E-state index in [2.05, 4.69) is 0 Å². The van der Waals surface area contributed by atoms with Crippen LogP contribution in [0.25, 0.3) is 0 Å². The second-order valence-electron chi connectivity index (χ2n) is 3.65.